The number of aromatic nitrogens is 1. The number of carboxylic acids is 1. The molecule has 0 aliphatic heterocycles. The summed E-state index contributed by atoms with van der Waals surface area (Å²) in [5, 5.41) is 8.75. The number of rotatable bonds is 3. The summed E-state index contributed by atoms with van der Waals surface area (Å²) in [6.45, 7) is 1.09. The molecule has 0 bridgehead atoms. The number of pyridine rings is 1. The van der Waals surface area contributed by atoms with Crippen molar-refractivity contribution in [2.75, 3.05) is 0 Å². The van der Waals surface area contributed by atoms with Crippen LogP contribution in [0.4, 0.5) is 13.2 Å². The van der Waals surface area contributed by atoms with Gasteiger partial charge in [-0.1, -0.05) is 6.07 Å². The molecule has 116 valence electrons. The van der Waals surface area contributed by atoms with E-state index in [2.05, 4.69) is 0 Å². The molecule has 4 nitrogen and oxygen atoms in total. The van der Waals surface area contributed by atoms with Crippen LogP contribution in [0.3, 0.4) is 0 Å². The molecule has 0 aliphatic rings. The van der Waals surface area contributed by atoms with Crippen molar-refractivity contribution in [3.05, 3.63) is 58.0 Å². The highest BCUT2D eigenvalue weighted by atomic mass is 19.4. The molecule has 0 fully saturated rings. The molecule has 1 heterocycles. The van der Waals surface area contributed by atoms with E-state index in [0.717, 1.165) is 22.8 Å². The molecule has 1 N–H and O–H groups in total. The minimum absolute atomic E-state index is 0.300. The number of hydrogen-bond acceptors (Lipinski definition) is 2. The Morgan fingerprint density at radius 2 is 1.91 bits per heavy atom. The van der Waals surface area contributed by atoms with Crippen molar-refractivity contribution in [1.29, 1.82) is 0 Å². The van der Waals surface area contributed by atoms with Crippen LogP contribution < -0.4 is 5.56 Å². The third-order valence-corrected chi connectivity index (χ3v) is 3.16. The summed E-state index contributed by atoms with van der Waals surface area (Å²) >= 11 is 0. The van der Waals surface area contributed by atoms with Gasteiger partial charge in [0.1, 0.15) is 6.54 Å². The van der Waals surface area contributed by atoms with Gasteiger partial charge in [0, 0.05) is 12.3 Å². The number of aliphatic carboxylic acids is 1. The number of nitrogens with zero attached hydrogens (tertiary/aromatic N) is 1. The van der Waals surface area contributed by atoms with E-state index < -0.39 is 29.8 Å². The number of benzene rings is 1. The van der Waals surface area contributed by atoms with E-state index >= 15 is 0 Å². The first-order valence-electron chi connectivity index (χ1n) is 6.29. The number of alkyl halides is 3. The monoisotopic (exact) mass is 311 g/mol. The van der Waals surface area contributed by atoms with E-state index in [1.54, 1.807) is 6.92 Å². The lowest BCUT2D eigenvalue weighted by Gasteiger charge is -2.12. The number of hydrogen-bond donors (Lipinski definition) is 1. The Morgan fingerprint density at radius 3 is 2.50 bits per heavy atom. The molecule has 7 heteroatoms. The first-order valence-corrected chi connectivity index (χ1v) is 6.29. The van der Waals surface area contributed by atoms with Crippen LogP contribution in [0.25, 0.3) is 11.1 Å². The molecule has 0 radical (unpaired) electrons. The third-order valence-electron chi connectivity index (χ3n) is 3.16. The van der Waals surface area contributed by atoms with Gasteiger partial charge >= 0.3 is 12.1 Å². The Balaban J connectivity index is 2.56. The Morgan fingerprint density at radius 1 is 1.23 bits per heavy atom. The first kappa shape index (κ1) is 15.8. The standard InChI is InChI=1S/C15H12F3NO3/c1-9-2-4-11(15(16,17)18)6-12(9)10-3-5-13(20)19(7-10)8-14(21)22/h2-7H,8H2,1H3,(H,21,22). The van der Waals surface area contributed by atoms with Crippen molar-refractivity contribution in [3.63, 3.8) is 0 Å². The van der Waals surface area contributed by atoms with Gasteiger partial charge in [-0.05, 0) is 41.8 Å². The van der Waals surface area contributed by atoms with Gasteiger partial charge in [-0.15, -0.1) is 0 Å². The fraction of sp³-hybridized carbons (Fsp3) is 0.200. The molecule has 2 aromatic rings. The van der Waals surface area contributed by atoms with Crippen molar-refractivity contribution >= 4 is 5.97 Å². The van der Waals surface area contributed by atoms with Crippen LogP contribution in [-0.2, 0) is 17.5 Å². The van der Waals surface area contributed by atoms with Gasteiger partial charge in [0.15, 0.2) is 0 Å². The molecule has 2 rings (SSSR count). The molecule has 0 spiro atoms. The Labute approximate surface area is 123 Å². The second-order valence-corrected chi connectivity index (χ2v) is 4.81. The summed E-state index contributed by atoms with van der Waals surface area (Å²) in [5.41, 5.74) is -0.0909. The molecule has 1 aromatic carbocycles. The molecular formula is C15H12F3NO3. The topological polar surface area (TPSA) is 59.3 Å². The first-order chi connectivity index (χ1) is 10.2. The summed E-state index contributed by atoms with van der Waals surface area (Å²) < 4.78 is 39.3. The molecule has 0 saturated carbocycles. The van der Waals surface area contributed by atoms with Crippen LogP contribution >= 0.6 is 0 Å². The fourth-order valence-electron chi connectivity index (χ4n) is 2.07. The normalized spacial score (nSPS) is 11.5. The SMILES string of the molecule is Cc1ccc(C(F)(F)F)cc1-c1ccc(=O)n(CC(=O)O)c1. The zero-order valence-corrected chi connectivity index (χ0v) is 11.5. The smallest absolute Gasteiger partial charge is 0.416 e. The average Bonchev–Trinajstić information content (AvgIpc) is 2.40. The van der Waals surface area contributed by atoms with Gasteiger partial charge in [-0.2, -0.15) is 13.2 Å². The summed E-state index contributed by atoms with van der Waals surface area (Å²) in [4.78, 5) is 22.3. The van der Waals surface area contributed by atoms with Crippen LogP contribution in [0.1, 0.15) is 11.1 Å². The maximum absolute atomic E-state index is 12.8. The molecule has 0 atom stereocenters. The largest absolute Gasteiger partial charge is 0.480 e. The maximum atomic E-state index is 12.8. The van der Waals surface area contributed by atoms with E-state index in [4.69, 9.17) is 5.11 Å². The van der Waals surface area contributed by atoms with Crippen molar-refractivity contribution < 1.29 is 23.1 Å². The maximum Gasteiger partial charge on any atom is 0.416 e. The van der Waals surface area contributed by atoms with Gasteiger partial charge in [-0.3, -0.25) is 9.59 Å². The second kappa shape index (κ2) is 5.67. The van der Waals surface area contributed by atoms with Gasteiger partial charge in [0.2, 0.25) is 0 Å². The summed E-state index contributed by atoms with van der Waals surface area (Å²) in [6.07, 6.45) is -3.23. The van der Waals surface area contributed by atoms with Crippen LogP contribution in [0.2, 0.25) is 0 Å². The van der Waals surface area contributed by atoms with Crippen molar-refractivity contribution in [2.45, 2.75) is 19.6 Å². The Hall–Kier alpha value is -2.57. The van der Waals surface area contributed by atoms with E-state index in [1.165, 1.54) is 18.3 Å². The summed E-state index contributed by atoms with van der Waals surface area (Å²) in [5.74, 6) is -1.21. The summed E-state index contributed by atoms with van der Waals surface area (Å²) in [6, 6.07) is 5.82. The lowest BCUT2D eigenvalue weighted by atomic mass is 9.99. The van der Waals surface area contributed by atoms with Crippen molar-refractivity contribution in [3.8, 4) is 11.1 Å². The lowest BCUT2D eigenvalue weighted by molar-refractivity contribution is -0.138. The van der Waals surface area contributed by atoms with Crippen LogP contribution in [0.15, 0.2) is 41.3 Å². The number of carbonyl (C=O) groups is 1. The van der Waals surface area contributed by atoms with Crippen LogP contribution in [-0.4, -0.2) is 15.6 Å². The zero-order valence-electron chi connectivity index (χ0n) is 11.5. The van der Waals surface area contributed by atoms with Gasteiger partial charge in [0.25, 0.3) is 5.56 Å². The highest BCUT2D eigenvalue weighted by Gasteiger charge is 2.30. The van der Waals surface area contributed by atoms with E-state index in [-0.39, 0.29) is 0 Å². The molecular weight excluding hydrogens is 299 g/mol. The van der Waals surface area contributed by atoms with Gasteiger partial charge in [0.05, 0.1) is 5.56 Å². The average molecular weight is 311 g/mol. The number of aryl methyl sites for hydroxylation is 1. The number of carboxylic acid groups (broad SMARTS) is 1. The van der Waals surface area contributed by atoms with E-state index in [1.807, 2.05) is 0 Å². The Kier molecular flexibility index (Phi) is 4.07. The van der Waals surface area contributed by atoms with Crippen LogP contribution in [0, 0.1) is 6.92 Å². The minimum atomic E-state index is -4.47. The van der Waals surface area contributed by atoms with Gasteiger partial charge < -0.3 is 9.67 Å². The minimum Gasteiger partial charge on any atom is -0.480 e. The van der Waals surface area contributed by atoms with Crippen molar-refractivity contribution in [2.24, 2.45) is 0 Å². The van der Waals surface area contributed by atoms with Crippen LogP contribution in [0.5, 0.6) is 0 Å². The van der Waals surface area contributed by atoms with Gasteiger partial charge in [-0.25, -0.2) is 0 Å². The molecule has 0 saturated heterocycles. The molecule has 22 heavy (non-hydrogen) atoms. The number of halogens is 3. The second-order valence-electron chi connectivity index (χ2n) is 4.81. The zero-order chi connectivity index (χ0) is 16.5. The Bertz CT molecular complexity index is 778. The van der Waals surface area contributed by atoms with E-state index in [0.29, 0.717) is 16.7 Å². The summed E-state index contributed by atoms with van der Waals surface area (Å²) in [7, 11) is 0. The molecule has 1 aromatic heterocycles. The molecule has 0 unspecified atom stereocenters. The third kappa shape index (κ3) is 3.36. The highest BCUT2D eigenvalue weighted by molar-refractivity contribution is 5.69. The quantitative estimate of drug-likeness (QED) is 0.948. The highest BCUT2D eigenvalue weighted by Crippen LogP contribution is 2.33. The lowest BCUT2D eigenvalue weighted by Crippen LogP contribution is -2.22. The van der Waals surface area contributed by atoms with E-state index in [9.17, 15) is 22.8 Å². The fourth-order valence-corrected chi connectivity index (χ4v) is 2.07. The molecule has 0 amide bonds. The predicted octanol–water partition coefficient (Wildman–Crippen LogP) is 2.93. The molecule has 0 aliphatic carbocycles. The predicted molar refractivity (Wildman–Crippen MR) is 73.5 cm³/mol. The van der Waals surface area contributed by atoms with Crippen molar-refractivity contribution in [1.82, 2.24) is 4.57 Å².